The maximum Gasteiger partial charge on any atom is 0.255 e. The summed E-state index contributed by atoms with van der Waals surface area (Å²) in [7, 11) is -3.91. The lowest BCUT2D eigenvalue weighted by atomic mass is 10.1. The number of carbonyl (C=O) groups excluding carboxylic acids is 1. The summed E-state index contributed by atoms with van der Waals surface area (Å²) in [5.74, 6) is -0.498. The lowest BCUT2D eigenvalue weighted by Crippen LogP contribution is -2.41. The fourth-order valence-electron chi connectivity index (χ4n) is 3.91. The van der Waals surface area contributed by atoms with Crippen molar-refractivity contribution in [1.29, 1.82) is 0 Å². The van der Waals surface area contributed by atoms with Gasteiger partial charge in [0.2, 0.25) is 10.0 Å². The van der Waals surface area contributed by atoms with E-state index < -0.39 is 15.9 Å². The topological polar surface area (TPSA) is 78.8 Å². The molecule has 7 heteroatoms. The number of nitrogens with one attached hydrogen (secondary N) is 1. The Hall–Kier alpha value is -3.29. The predicted octanol–water partition coefficient (Wildman–Crippen LogP) is 4.30. The smallest absolute Gasteiger partial charge is 0.255 e. The number of nitrogens with zero attached hydrogens (tertiary/aromatic N) is 2. The summed E-state index contributed by atoms with van der Waals surface area (Å²) in [5, 5.41) is 4.00. The van der Waals surface area contributed by atoms with Crippen molar-refractivity contribution in [2.24, 2.45) is 5.10 Å². The van der Waals surface area contributed by atoms with Gasteiger partial charge in [0.15, 0.2) is 0 Å². The van der Waals surface area contributed by atoms with E-state index in [9.17, 15) is 13.2 Å². The molecule has 34 heavy (non-hydrogen) atoms. The molecule has 0 saturated heterocycles. The van der Waals surface area contributed by atoms with Gasteiger partial charge < -0.3 is 0 Å². The molecule has 0 heterocycles. The van der Waals surface area contributed by atoms with Gasteiger partial charge in [-0.15, -0.1) is 0 Å². The van der Waals surface area contributed by atoms with E-state index >= 15 is 0 Å². The maximum atomic E-state index is 13.7. The van der Waals surface area contributed by atoms with E-state index in [1.54, 1.807) is 13.8 Å². The van der Waals surface area contributed by atoms with Gasteiger partial charge in [0.1, 0.15) is 0 Å². The number of hydrazone groups is 1. The Kier molecular flexibility index (Phi) is 8.36. The van der Waals surface area contributed by atoms with Crippen LogP contribution in [0.25, 0.3) is 0 Å². The van der Waals surface area contributed by atoms with Crippen LogP contribution in [0.5, 0.6) is 0 Å². The van der Waals surface area contributed by atoms with Crippen LogP contribution in [0, 0.1) is 27.7 Å². The average Bonchev–Trinajstić information content (AvgIpc) is 2.77. The van der Waals surface area contributed by atoms with E-state index in [0.29, 0.717) is 17.5 Å². The van der Waals surface area contributed by atoms with Gasteiger partial charge in [-0.05, 0) is 56.4 Å². The highest BCUT2D eigenvalue weighted by Gasteiger charge is 2.29. The highest BCUT2D eigenvalue weighted by Crippen LogP contribution is 2.25. The molecular formula is C27H31N3O3S. The van der Waals surface area contributed by atoms with Gasteiger partial charge in [0.25, 0.3) is 5.91 Å². The van der Waals surface area contributed by atoms with E-state index in [1.165, 1.54) is 10.5 Å². The average molecular weight is 478 g/mol. The first-order valence-electron chi connectivity index (χ1n) is 11.2. The Morgan fingerprint density at radius 3 is 2.15 bits per heavy atom. The fourth-order valence-corrected chi connectivity index (χ4v) is 5.72. The van der Waals surface area contributed by atoms with E-state index in [1.807, 2.05) is 80.6 Å². The van der Waals surface area contributed by atoms with Crippen LogP contribution in [0.4, 0.5) is 0 Å². The molecule has 0 saturated carbocycles. The van der Waals surface area contributed by atoms with Crippen LogP contribution >= 0.6 is 0 Å². The number of carbonyl (C=O) groups is 1. The third-order valence-corrected chi connectivity index (χ3v) is 7.65. The van der Waals surface area contributed by atoms with Crippen LogP contribution in [-0.2, 0) is 21.2 Å². The maximum absolute atomic E-state index is 13.7. The summed E-state index contributed by atoms with van der Waals surface area (Å²) >= 11 is 0. The molecule has 3 aromatic carbocycles. The molecule has 3 rings (SSSR count). The Labute approximate surface area is 202 Å². The monoisotopic (exact) mass is 477 g/mol. The molecule has 1 amide bonds. The predicted molar refractivity (Wildman–Crippen MR) is 136 cm³/mol. The molecule has 0 radical (unpaired) electrons. The first-order chi connectivity index (χ1) is 16.2. The number of amides is 1. The number of rotatable bonds is 9. The van der Waals surface area contributed by atoms with Gasteiger partial charge in [-0.25, -0.2) is 13.8 Å². The molecule has 6 nitrogen and oxygen atoms in total. The molecule has 0 spiro atoms. The van der Waals surface area contributed by atoms with Crippen LogP contribution in [0.2, 0.25) is 0 Å². The summed E-state index contributed by atoms with van der Waals surface area (Å²) in [6, 6.07) is 21.0. The van der Waals surface area contributed by atoms with Crippen LogP contribution in [-0.4, -0.2) is 37.9 Å². The zero-order chi connectivity index (χ0) is 24.7. The van der Waals surface area contributed by atoms with E-state index in [4.69, 9.17) is 0 Å². The Morgan fingerprint density at radius 2 is 1.53 bits per heavy atom. The van der Waals surface area contributed by atoms with Crippen molar-refractivity contribution in [2.45, 2.75) is 39.0 Å². The first kappa shape index (κ1) is 25.3. The largest absolute Gasteiger partial charge is 0.272 e. The Bertz CT molecular complexity index is 1250. The molecule has 0 aliphatic rings. The van der Waals surface area contributed by atoms with Crippen LogP contribution in [0.3, 0.4) is 0 Å². The SMILES string of the molecule is Cc1ccc(/C=N/NC(=O)CN(CCc2ccccc2)S(=O)(=O)c2c(C)cc(C)cc2C)cc1. The zero-order valence-electron chi connectivity index (χ0n) is 20.1. The van der Waals surface area contributed by atoms with E-state index in [-0.39, 0.29) is 18.0 Å². The molecule has 0 fully saturated rings. The zero-order valence-corrected chi connectivity index (χ0v) is 20.9. The normalized spacial score (nSPS) is 11.8. The van der Waals surface area contributed by atoms with Crippen molar-refractivity contribution in [2.75, 3.05) is 13.1 Å². The molecule has 1 N–H and O–H groups in total. The number of benzene rings is 3. The number of hydrogen-bond donors (Lipinski definition) is 1. The molecule has 0 atom stereocenters. The van der Waals surface area contributed by atoms with Crippen molar-refractivity contribution in [1.82, 2.24) is 9.73 Å². The molecule has 0 aromatic heterocycles. The van der Waals surface area contributed by atoms with Crippen molar-refractivity contribution in [3.05, 3.63) is 100 Å². The lowest BCUT2D eigenvalue weighted by molar-refractivity contribution is -0.121. The first-order valence-corrected chi connectivity index (χ1v) is 12.6. The van der Waals surface area contributed by atoms with Gasteiger partial charge in [-0.3, -0.25) is 4.79 Å². The number of sulfonamides is 1. The number of hydrogen-bond acceptors (Lipinski definition) is 4. The van der Waals surface area contributed by atoms with E-state index in [2.05, 4.69) is 10.5 Å². The minimum Gasteiger partial charge on any atom is -0.272 e. The highest BCUT2D eigenvalue weighted by molar-refractivity contribution is 7.89. The Morgan fingerprint density at radius 1 is 0.912 bits per heavy atom. The van der Waals surface area contributed by atoms with Crippen molar-refractivity contribution in [3.8, 4) is 0 Å². The van der Waals surface area contributed by atoms with Crippen LogP contribution < -0.4 is 5.43 Å². The molecule has 0 bridgehead atoms. The van der Waals surface area contributed by atoms with Gasteiger partial charge in [0, 0.05) is 6.54 Å². The molecule has 3 aromatic rings. The van der Waals surface area contributed by atoms with Gasteiger partial charge in [-0.1, -0.05) is 77.9 Å². The molecular weight excluding hydrogens is 446 g/mol. The molecule has 0 aliphatic carbocycles. The van der Waals surface area contributed by atoms with Crippen molar-refractivity contribution in [3.63, 3.8) is 0 Å². The Balaban J connectivity index is 1.81. The van der Waals surface area contributed by atoms with Crippen molar-refractivity contribution >= 4 is 22.1 Å². The summed E-state index contributed by atoms with van der Waals surface area (Å²) in [6.07, 6.45) is 2.03. The van der Waals surface area contributed by atoms with Gasteiger partial charge >= 0.3 is 0 Å². The van der Waals surface area contributed by atoms with Crippen LogP contribution in [0.15, 0.2) is 76.7 Å². The minimum absolute atomic E-state index is 0.175. The van der Waals surface area contributed by atoms with Gasteiger partial charge in [0.05, 0.1) is 17.7 Å². The quantitative estimate of drug-likeness (QED) is 0.369. The number of aryl methyl sites for hydroxylation is 4. The second kappa shape index (κ2) is 11.2. The summed E-state index contributed by atoms with van der Waals surface area (Å²) < 4.78 is 28.6. The summed E-state index contributed by atoms with van der Waals surface area (Å²) in [5.41, 5.74) is 7.75. The molecule has 0 unspecified atom stereocenters. The third-order valence-electron chi connectivity index (χ3n) is 5.50. The summed E-state index contributed by atoms with van der Waals surface area (Å²) in [4.78, 5) is 12.9. The standard InChI is InChI=1S/C27H31N3O3S/c1-20-10-12-25(13-11-20)18-28-29-26(31)19-30(15-14-24-8-6-5-7-9-24)34(32,33)27-22(3)16-21(2)17-23(27)4/h5-13,16-18H,14-15,19H2,1-4H3,(H,29,31)/b28-18+. The molecule has 0 aliphatic heterocycles. The lowest BCUT2D eigenvalue weighted by Gasteiger charge is -2.24. The van der Waals surface area contributed by atoms with Crippen LogP contribution in [0.1, 0.15) is 33.4 Å². The molecule has 178 valence electrons. The van der Waals surface area contributed by atoms with Gasteiger partial charge in [-0.2, -0.15) is 9.41 Å². The summed E-state index contributed by atoms with van der Waals surface area (Å²) in [6.45, 7) is 7.34. The van der Waals surface area contributed by atoms with Crippen molar-refractivity contribution < 1.29 is 13.2 Å². The highest BCUT2D eigenvalue weighted by atomic mass is 32.2. The third kappa shape index (κ3) is 6.62. The minimum atomic E-state index is -3.91. The van der Waals surface area contributed by atoms with E-state index in [0.717, 1.165) is 22.3 Å². The second-order valence-electron chi connectivity index (χ2n) is 8.51. The second-order valence-corrected chi connectivity index (χ2v) is 10.4. The fraction of sp³-hybridized carbons (Fsp3) is 0.259.